The Balaban J connectivity index is 1.61. The molecule has 5 N–H and O–H groups in total. The van der Waals surface area contributed by atoms with Crippen LogP contribution in [-0.2, 0) is 20.8 Å². The lowest BCUT2D eigenvalue weighted by molar-refractivity contribution is -0.153. The average molecular weight is 565 g/mol. The summed E-state index contributed by atoms with van der Waals surface area (Å²) in [7, 11) is 6.89. The molecule has 3 aliphatic rings. The molecule has 11 nitrogen and oxygen atoms in total. The third-order valence-corrected chi connectivity index (χ3v) is 9.01. The Hall–Kier alpha value is -4.00. The van der Waals surface area contributed by atoms with E-state index in [0.29, 0.717) is 17.8 Å². The van der Waals surface area contributed by atoms with Crippen molar-refractivity contribution in [3.05, 3.63) is 50.9 Å². The first kappa shape index (κ1) is 26.2. The molecule has 12 heteroatoms. The van der Waals surface area contributed by atoms with Crippen LogP contribution in [0.4, 0.5) is 5.69 Å². The summed E-state index contributed by atoms with van der Waals surface area (Å²) in [5.74, 6) is -5.77. The fraction of sp³-hybridized carbons (Fsp3) is 0.357. The molecule has 3 aromatic rings. The zero-order valence-corrected chi connectivity index (χ0v) is 23.1. The highest BCUT2D eigenvalue weighted by atomic mass is 32.1. The van der Waals surface area contributed by atoms with E-state index in [-0.39, 0.29) is 23.1 Å². The summed E-state index contributed by atoms with van der Waals surface area (Å²) in [4.78, 5) is 47.6. The van der Waals surface area contributed by atoms with Crippen molar-refractivity contribution in [3.63, 3.8) is 0 Å². The molecule has 1 fully saturated rings. The molecule has 208 valence electrons. The van der Waals surface area contributed by atoms with Crippen molar-refractivity contribution in [2.45, 2.75) is 24.5 Å². The standard InChI is InChI=1S/C28H28N4O7S/c1-31(2)16-9-15-23(39-27(30-15)11-5-6-40-10-11)18-13(16)7-12-8-14-20(32(3)4)22(34)19(26(29)37)25(36)28(14,38)24(35)17(12)21(18)33/h5-6,9-10,12,14,20,33,36,38H,7-8H2,1-4H3,(H2,29,37)/t12?,14?,20-,28-/m0/s1. The topological polar surface area (TPSA) is 170 Å². The summed E-state index contributed by atoms with van der Waals surface area (Å²) in [6.45, 7) is 0. The summed E-state index contributed by atoms with van der Waals surface area (Å²) in [6.07, 6.45) is 0.375. The van der Waals surface area contributed by atoms with Crippen molar-refractivity contribution in [1.82, 2.24) is 9.88 Å². The number of benzene rings is 1. The van der Waals surface area contributed by atoms with Gasteiger partial charge in [0.15, 0.2) is 17.0 Å². The van der Waals surface area contributed by atoms with Gasteiger partial charge in [-0.05, 0) is 55.9 Å². The van der Waals surface area contributed by atoms with E-state index >= 15 is 0 Å². The molecule has 0 saturated heterocycles. The molecule has 1 aromatic carbocycles. The number of aliphatic hydroxyl groups is 3. The largest absolute Gasteiger partial charge is 0.508 e. The second kappa shape index (κ2) is 8.75. The van der Waals surface area contributed by atoms with Crippen molar-refractivity contribution in [1.29, 1.82) is 0 Å². The van der Waals surface area contributed by atoms with Gasteiger partial charge in [-0.3, -0.25) is 19.3 Å². The Morgan fingerprint density at radius 3 is 2.55 bits per heavy atom. The van der Waals surface area contributed by atoms with E-state index in [2.05, 4.69) is 4.98 Å². The normalized spacial score (nSPS) is 26.3. The first-order valence-electron chi connectivity index (χ1n) is 12.7. The fourth-order valence-electron chi connectivity index (χ4n) is 6.59. The van der Waals surface area contributed by atoms with Crippen LogP contribution in [0.3, 0.4) is 0 Å². The number of likely N-dealkylation sites (N-methyl/N-ethyl adjacent to an activating group) is 1. The number of fused-ring (bicyclic) bond motifs is 5. The number of hydrogen-bond donors (Lipinski definition) is 4. The number of aliphatic hydroxyl groups excluding tert-OH is 2. The number of Topliss-reactive ketones (excluding diaryl/α,β-unsaturated/α-hetero) is 2. The SMILES string of the molecule is CN(C)c1cc2nc(-c3ccsc3)oc2c2c1CC1CC3[C@H](N(C)C)C(=O)C(C(N)=O)=C(O)[C@@]3(O)C(=O)C1=C2O. The number of oxazole rings is 1. The lowest BCUT2D eigenvalue weighted by atomic mass is 9.57. The van der Waals surface area contributed by atoms with Gasteiger partial charge >= 0.3 is 0 Å². The number of carbonyl (C=O) groups excluding carboxylic acids is 3. The number of amides is 1. The van der Waals surface area contributed by atoms with Gasteiger partial charge in [-0.25, -0.2) is 4.98 Å². The Morgan fingerprint density at radius 2 is 1.95 bits per heavy atom. The van der Waals surface area contributed by atoms with Gasteiger partial charge in [0.2, 0.25) is 11.7 Å². The first-order chi connectivity index (χ1) is 18.9. The van der Waals surface area contributed by atoms with E-state index in [9.17, 15) is 29.7 Å². The van der Waals surface area contributed by atoms with Crippen molar-refractivity contribution in [3.8, 4) is 11.5 Å². The maximum absolute atomic E-state index is 14.1. The second-order valence-electron chi connectivity index (χ2n) is 11.0. The summed E-state index contributed by atoms with van der Waals surface area (Å²) in [5, 5.41) is 38.4. The van der Waals surface area contributed by atoms with Gasteiger partial charge in [-0.1, -0.05) is 0 Å². The van der Waals surface area contributed by atoms with Crippen LogP contribution in [0.1, 0.15) is 17.5 Å². The van der Waals surface area contributed by atoms with Crippen LogP contribution < -0.4 is 10.6 Å². The van der Waals surface area contributed by atoms with Crippen LogP contribution >= 0.6 is 11.3 Å². The molecule has 1 amide bonds. The fourth-order valence-corrected chi connectivity index (χ4v) is 7.22. The number of anilines is 1. The van der Waals surface area contributed by atoms with Gasteiger partial charge in [0.1, 0.15) is 22.6 Å². The lowest BCUT2D eigenvalue weighted by Crippen LogP contribution is -2.65. The maximum atomic E-state index is 14.1. The average Bonchev–Trinajstić information content (AvgIpc) is 3.55. The van der Waals surface area contributed by atoms with Gasteiger partial charge in [0.25, 0.3) is 5.91 Å². The number of ketones is 2. The Labute approximate surface area is 232 Å². The molecular weight excluding hydrogens is 536 g/mol. The lowest BCUT2D eigenvalue weighted by Gasteiger charge is -2.50. The van der Waals surface area contributed by atoms with E-state index in [4.69, 9.17) is 10.2 Å². The quantitative estimate of drug-likeness (QED) is 0.344. The van der Waals surface area contributed by atoms with Crippen molar-refractivity contribution >= 4 is 51.4 Å². The van der Waals surface area contributed by atoms with E-state index in [1.807, 2.05) is 41.9 Å². The van der Waals surface area contributed by atoms with Crippen LogP contribution in [0.15, 0.2) is 44.2 Å². The van der Waals surface area contributed by atoms with Crippen LogP contribution in [0, 0.1) is 11.8 Å². The highest BCUT2D eigenvalue weighted by Crippen LogP contribution is 2.53. The van der Waals surface area contributed by atoms with Crippen molar-refractivity contribution in [2.75, 3.05) is 33.1 Å². The van der Waals surface area contributed by atoms with Crippen LogP contribution in [0.2, 0.25) is 0 Å². The second-order valence-corrected chi connectivity index (χ2v) is 11.8. The number of thiophene rings is 1. The van der Waals surface area contributed by atoms with Gasteiger partial charge < -0.3 is 30.4 Å². The molecule has 40 heavy (non-hydrogen) atoms. The minimum absolute atomic E-state index is 0.0766. The summed E-state index contributed by atoms with van der Waals surface area (Å²) in [6, 6.07) is 2.63. The zero-order valence-electron chi connectivity index (χ0n) is 22.3. The highest BCUT2D eigenvalue weighted by Gasteiger charge is 2.64. The Kier molecular flexibility index (Phi) is 5.74. The van der Waals surface area contributed by atoms with Crippen LogP contribution in [0.5, 0.6) is 0 Å². The summed E-state index contributed by atoms with van der Waals surface area (Å²) in [5.41, 5.74) is 5.18. The molecular formula is C28H28N4O7S. The van der Waals surface area contributed by atoms with E-state index in [1.165, 1.54) is 16.2 Å². The number of carbonyl (C=O) groups is 3. The molecule has 0 aliphatic heterocycles. The van der Waals surface area contributed by atoms with E-state index in [1.54, 1.807) is 14.1 Å². The number of aromatic nitrogens is 1. The predicted octanol–water partition coefficient (Wildman–Crippen LogP) is 2.19. The van der Waals surface area contributed by atoms with Crippen LogP contribution in [-0.4, -0.2) is 82.5 Å². The molecule has 0 spiro atoms. The highest BCUT2D eigenvalue weighted by molar-refractivity contribution is 7.08. The third-order valence-electron chi connectivity index (χ3n) is 8.33. The minimum atomic E-state index is -2.63. The minimum Gasteiger partial charge on any atom is -0.508 e. The zero-order chi connectivity index (χ0) is 28.8. The number of hydrogen-bond acceptors (Lipinski definition) is 11. The predicted molar refractivity (Wildman–Crippen MR) is 148 cm³/mol. The molecule has 1 saturated carbocycles. The molecule has 2 heterocycles. The number of nitrogens with zero attached hydrogens (tertiary/aromatic N) is 3. The monoisotopic (exact) mass is 564 g/mol. The van der Waals surface area contributed by atoms with Crippen molar-refractivity contribution in [2.24, 2.45) is 17.6 Å². The Bertz CT molecular complexity index is 1680. The summed E-state index contributed by atoms with van der Waals surface area (Å²) >= 11 is 1.48. The number of rotatable bonds is 4. The number of primary amides is 1. The molecule has 2 aromatic heterocycles. The third kappa shape index (κ3) is 3.36. The smallest absolute Gasteiger partial charge is 0.255 e. The molecule has 3 aliphatic carbocycles. The molecule has 6 rings (SSSR count). The van der Waals surface area contributed by atoms with Gasteiger partial charge in [-0.2, -0.15) is 11.3 Å². The van der Waals surface area contributed by atoms with Gasteiger partial charge in [0, 0.05) is 42.2 Å². The van der Waals surface area contributed by atoms with E-state index < -0.39 is 58.0 Å². The summed E-state index contributed by atoms with van der Waals surface area (Å²) < 4.78 is 6.13. The first-order valence-corrected chi connectivity index (χ1v) is 13.6. The van der Waals surface area contributed by atoms with Crippen molar-refractivity contribution < 1.29 is 34.1 Å². The van der Waals surface area contributed by atoms with Crippen LogP contribution in [0.25, 0.3) is 28.3 Å². The molecule has 2 unspecified atom stereocenters. The van der Waals surface area contributed by atoms with E-state index in [0.717, 1.165) is 16.8 Å². The maximum Gasteiger partial charge on any atom is 0.255 e. The molecule has 0 bridgehead atoms. The number of nitrogens with two attached hydrogens (primary N) is 1. The Morgan fingerprint density at radius 1 is 1.23 bits per heavy atom. The van der Waals surface area contributed by atoms with Gasteiger partial charge in [0.05, 0.1) is 11.6 Å². The molecule has 4 atom stereocenters. The van der Waals surface area contributed by atoms with Gasteiger partial charge in [-0.15, -0.1) is 0 Å². The molecule has 0 radical (unpaired) electrons.